The van der Waals surface area contributed by atoms with Crippen LogP contribution in [0.4, 0.5) is 10.1 Å². The van der Waals surface area contributed by atoms with Crippen LogP contribution in [-0.4, -0.2) is 27.4 Å². The highest BCUT2D eigenvalue weighted by Crippen LogP contribution is 2.18. The zero-order chi connectivity index (χ0) is 16.2. The first-order valence-corrected chi connectivity index (χ1v) is 6.10. The van der Waals surface area contributed by atoms with E-state index in [-0.39, 0.29) is 18.4 Å². The summed E-state index contributed by atoms with van der Waals surface area (Å²) in [6, 6.07) is 2.56. The molecule has 0 radical (unpaired) electrons. The molecule has 0 atom stereocenters. The Labute approximate surface area is 119 Å². The van der Waals surface area contributed by atoms with Crippen LogP contribution < -0.4 is 5.32 Å². The molecule has 0 aliphatic heterocycles. The maximum atomic E-state index is 13.3. The van der Waals surface area contributed by atoms with Crippen LogP contribution in [0.5, 0.6) is 0 Å². The summed E-state index contributed by atoms with van der Waals surface area (Å²) in [5, 5.41) is 21.8. The molecule has 0 aromatic heterocycles. The molecule has 114 valence electrons. The lowest BCUT2D eigenvalue weighted by molar-refractivity contribution is -0.385. The molecule has 0 saturated heterocycles. The van der Waals surface area contributed by atoms with E-state index in [1.54, 1.807) is 13.8 Å². The zero-order valence-electron chi connectivity index (χ0n) is 11.6. The van der Waals surface area contributed by atoms with Crippen molar-refractivity contribution in [2.75, 3.05) is 0 Å². The zero-order valence-corrected chi connectivity index (χ0v) is 11.6. The molecule has 1 rings (SSSR count). The number of hydrogen-bond donors (Lipinski definition) is 2. The predicted molar refractivity (Wildman–Crippen MR) is 71.5 cm³/mol. The number of carboxylic acids is 1. The number of nitro benzene ring substituents is 1. The first-order valence-electron chi connectivity index (χ1n) is 6.10. The van der Waals surface area contributed by atoms with Crippen molar-refractivity contribution < 1.29 is 24.0 Å². The molecule has 7 nitrogen and oxygen atoms in total. The highest BCUT2D eigenvalue weighted by atomic mass is 19.1. The number of nitro groups is 1. The fraction of sp³-hybridized carbons (Fsp3) is 0.385. The van der Waals surface area contributed by atoms with E-state index in [0.717, 1.165) is 12.1 Å². The number of nitrogens with zero attached hydrogens (tertiary/aromatic N) is 1. The molecule has 0 unspecified atom stereocenters. The molecule has 0 aliphatic rings. The molecule has 1 aromatic rings. The van der Waals surface area contributed by atoms with Crippen molar-refractivity contribution in [3.63, 3.8) is 0 Å². The molecular formula is C13H15FN2O5. The molecule has 0 spiro atoms. The summed E-state index contributed by atoms with van der Waals surface area (Å²) in [7, 11) is 0. The van der Waals surface area contributed by atoms with Gasteiger partial charge in [-0.1, -0.05) is 0 Å². The summed E-state index contributed by atoms with van der Waals surface area (Å²) in [6.45, 7) is 3.23. The van der Waals surface area contributed by atoms with Crippen LogP contribution in [0.3, 0.4) is 0 Å². The minimum atomic E-state index is -1.00. The van der Waals surface area contributed by atoms with Crippen LogP contribution >= 0.6 is 0 Å². The second kappa shape index (κ2) is 6.29. The van der Waals surface area contributed by atoms with Crippen LogP contribution in [0.1, 0.15) is 37.0 Å². The third-order valence-corrected chi connectivity index (χ3v) is 2.77. The van der Waals surface area contributed by atoms with E-state index >= 15 is 0 Å². The fourth-order valence-corrected chi connectivity index (χ4v) is 1.67. The van der Waals surface area contributed by atoms with Crippen molar-refractivity contribution in [2.24, 2.45) is 0 Å². The number of carbonyl (C=O) groups is 2. The summed E-state index contributed by atoms with van der Waals surface area (Å²) in [6.07, 6.45) is 0.0298. The molecule has 8 heteroatoms. The van der Waals surface area contributed by atoms with Gasteiger partial charge in [0.25, 0.3) is 11.6 Å². The van der Waals surface area contributed by atoms with Gasteiger partial charge in [0, 0.05) is 23.6 Å². The molecular weight excluding hydrogens is 283 g/mol. The quantitative estimate of drug-likeness (QED) is 0.617. The number of rotatable bonds is 6. The first-order chi connectivity index (χ1) is 9.60. The molecule has 0 saturated carbocycles. The van der Waals surface area contributed by atoms with E-state index < -0.39 is 33.8 Å². The Morgan fingerprint density at radius 2 is 2.00 bits per heavy atom. The Kier molecular flexibility index (Phi) is 4.96. The van der Waals surface area contributed by atoms with Gasteiger partial charge in [-0.3, -0.25) is 19.7 Å². The number of carbonyl (C=O) groups excluding carboxylic acids is 1. The van der Waals surface area contributed by atoms with Crippen LogP contribution in [0.15, 0.2) is 18.2 Å². The average molecular weight is 298 g/mol. The average Bonchev–Trinajstić information content (AvgIpc) is 2.35. The van der Waals surface area contributed by atoms with Gasteiger partial charge in [0.2, 0.25) is 0 Å². The van der Waals surface area contributed by atoms with Crippen molar-refractivity contribution in [2.45, 2.75) is 32.2 Å². The number of benzene rings is 1. The molecule has 1 amide bonds. The van der Waals surface area contributed by atoms with Gasteiger partial charge in [-0.05, 0) is 26.3 Å². The lowest BCUT2D eigenvalue weighted by Gasteiger charge is -2.25. The van der Waals surface area contributed by atoms with Gasteiger partial charge in [-0.15, -0.1) is 0 Å². The minimum absolute atomic E-state index is 0.142. The lowest BCUT2D eigenvalue weighted by atomic mass is 9.97. The maximum absolute atomic E-state index is 13.3. The van der Waals surface area contributed by atoms with Crippen molar-refractivity contribution in [3.05, 3.63) is 39.7 Å². The van der Waals surface area contributed by atoms with Crippen molar-refractivity contribution >= 4 is 17.6 Å². The summed E-state index contributed by atoms with van der Waals surface area (Å²) in [5.41, 5.74) is -1.55. The van der Waals surface area contributed by atoms with Crippen molar-refractivity contribution in [1.82, 2.24) is 5.32 Å². The van der Waals surface area contributed by atoms with E-state index in [2.05, 4.69) is 5.32 Å². The van der Waals surface area contributed by atoms with E-state index in [9.17, 15) is 24.1 Å². The molecule has 21 heavy (non-hydrogen) atoms. The van der Waals surface area contributed by atoms with Gasteiger partial charge in [0.1, 0.15) is 5.82 Å². The van der Waals surface area contributed by atoms with Crippen LogP contribution in [0.2, 0.25) is 0 Å². The van der Waals surface area contributed by atoms with Crippen molar-refractivity contribution in [3.8, 4) is 0 Å². The Morgan fingerprint density at radius 1 is 1.38 bits per heavy atom. The van der Waals surface area contributed by atoms with Crippen LogP contribution in [0, 0.1) is 15.9 Å². The maximum Gasteiger partial charge on any atom is 0.303 e. The van der Waals surface area contributed by atoms with Gasteiger partial charge in [0.15, 0.2) is 0 Å². The van der Waals surface area contributed by atoms with Crippen LogP contribution in [0.25, 0.3) is 0 Å². The molecule has 0 fully saturated rings. The number of halogens is 1. The SMILES string of the molecule is CC(C)(CCC(=O)O)NC(=O)c1cc(F)cc([N+](=O)[O-])c1. The molecule has 0 aliphatic carbocycles. The van der Waals surface area contributed by atoms with E-state index in [4.69, 9.17) is 5.11 Å². The Morgan fingerprint density at radius 3 is 2.52 bits per heavy atom. The first kappa shape index (κ1) is 16.5. The highest BCUT2D eigenvalue weighted by molar-refractivity contribution is 5.95. The topological polar surface area (TPSA) is 110 Å². The van der Waals surface area contributed by atoms with Gasteiger partial charge >= 0.3 is 5.97 Å². The Bertz CT molecular complexity index is 586. The third-order valence-electron chi connectivity index (χ3n) is 2.77. The summed E-state index contributed by atoms with van der Waals surface area (Å²) >= 11 is 0. The Balaban J connectivity index is 2.88. The molecule has 0 heterocycles. The summed E-state index contributed by atoms with van der Waals surface area (Å²) in [5.74, 6) is -2.59. The van der Waals surface area contributed by atoms with Gasteiger partial charge in [0.05, 0.1) is 11.0 Å². The number of carboxylic acid groups (broad SMARTS) is 1. The van der Waals surface area contributed by atoms with E-state index in [0.29, 0.717) is 6.07 Å². The van der Waals surface area contributed by atoms with Gasteiger partial charge in [-0.2, -0.15) is 0 Å². The number of aliphatic carboxylic acids is 1. The molecule has 2 N–H and O–H groups in total. The smallest absolute Gasteiger partial charge is 0.303 e. The minimum Gasteiger partial charge on any atom is -0.481 e. The van der Waals surface area contributed by atoms with Gasteiger partial charge in [-0.25, -0.2) is 4.39 Å². The number of hydrogen-bond acceptors (Lipinski definition) is 4. The second-order valence-electron chi connectivity index (χ2n) is 5.19. The standard InChI is InChI=1S/C13H15FN2O5/c1-13(2,4-3-11(17)18)15-12(19)8-5-9(14)7-10(6-8)16(20)21/h5-7H,3-4H2,1-2H3,(H,15,19)(H,17,18). The molecule has 1 aromatic carbocycles. The molecule has 0 bridgehead atoms. The number of amides is 1. The van der Waals surface area contributed by atoms with E-state index in [1.165, 1.54) is 0 Å². The summed E-state index contributed by atoms with van der Waals surface area (Å²) in [4.78, 5) is 32.3. The van der Waals surface area contributed by atoms with Crippen LogP contribution in [-0.2, 0) is 4.79 Å². The lowest BCUT2D eigenvalue weighted by Crippen LogP contribution is -2.43. The highest BCUT2D eigenvalue weighted by Gasteiger charge is 2.23. The normalized spacial score (nSPS) is 11.0. The second-order valence-corrected chi connectivity index (χ2v) is 5.19. The largest absolute Gasteiger partial charge is 0.481 e. The van der Waals surface area contributed by atoms with Crippen molar-refractivity contribution in [1.29, 1.82) is 0 Å². The van der Waals surface area contributed by atoms with Gasteiger partial charge < -0.3 is 10.4 Å². The summed E-state index contributed by atoms with van der Waals surface area (Å²) < 4.78 is 13.3. The third kappa shape index (κ3) is 5.17. The Hall–Kier alpha value is -2.51. The van der Waals surface area contributed by atoms with E-state index in [1.807, 2.05) is 0 Å². The fourth-order valence-electron chi connectivity index (χ4n) is 1.67. The number of nitrogens with one attached hydrogen (secondary N) is 1. The monoisotopic (exact) mass is 298 g/mol. The predicted octanol–water partition coefficient (Wildman–Crippen LogP) is 2.11. The number of non-ortho nitro benzene ring substituents is 1.